The molecule has 0 saturated heterocycles. The van der Waals surface area contributed by atoms with Crippen LogP contribution in [0.1, 0.15) is 0 Å². The maximum absolute atomic E-state index is 5.03. The van der Waals surface area contributed by atoms with Crippen LogP contribution in [-0.2, 0) is 0 Å². The van der Waals surface area contributed by atoms with Gasteiger partial charge in [0.2, 0.25) is 0 Å². The Morgan fingerprint density at radius 2 is 0.780 bits per heavy atom. The zero-order chi connectivity index (χ0) is 33.0. The van der Waals surface area contributed by atoms with Crippen molar-refractivity contribution in [3.05, 3.63) is 164 Å². The van der Waals surface area contributed by atoms with Gasteiger partial charge in [0.05, 0.1) is 0 Å². The quantitative estimate of drug-likeness (QED) is 0.182. The molecule has 50 heavy (non-hydrogen) atoms. The van der Waals surface area contributed by atoms with E-state index in [9.17, 15) is 0 Å². The fourth-order valence-electron chi connectivity index (χ4n) is 6.84. The average Bonchev–Trinajstić information content (AvgIpc) is 3.76. The minimum absolute atomic E-state index is 0.652. The van der Waals surface area contributed by atoms with E-state index in [1.807, 2.05) is 53.0 Å². The molecule has 10 rings (SSSR count). The van der Waals surface area contributed by atoms with Crippen LogP contribution in [-0.4, -0.2) is 15.0 Å². The number of hydrogen-bond acceptors (Lipinski definition) is 5. The van der Waals surface area contributed by atoms with Crippen molar-refractivity contribution in [1.29, 1.82) is 0 Å². The number of nitrogens with zero attached hydrogens (tertiary/aromatic N) is 3. The molecule has 0 atom stereocenters. The van der Waals surface area contributed by atoms with Gasteiger partial charge in [0.15, 0.2) is 17.5 Å². The van der Waals surface area contributed by atoms with Crippen molar-refractivity contribution in [3.63, 3.8) is 0 Å². The van der Waals surface area contributed by atoms with Gasteiger partial charge >= 0.3 is 0 Å². The van der Waals surface area contributed by atoms with E-state index in [0.717, 1.165) is 22.3 Å². The summed E-state index contributed by atoms with van der Waals surface area (Å²) in [7, 11) is 0. The number of rotatable bonds is 5. The maximum atomic E-state index is 5.03. The van der Waals surface area contributed by atoms with Gasteiger partial charge in [-0.25, -0.2) is 15.0 Å². The van der Waals surface area contributed by atoms with Crippen LogP contribution in [0.15, 0.2) is 164 Å². The smallest absolute Gasteiger partial charge is 0.164 e. The van der Waals surface area contributed by atoms with Crippen LogP contribution in [0, 0.1) is 0 Å². The molecule has 0 aliphatic carbocycles. The lowest BCUT2D eigenvalue weighted by Crippen LogP contribution is -2.00. The molecule has 0 unspecified atom stereocenters. The van der Waals surface area contributed by atoms with E-state index in [1.54, 1.807) is 0 Å². The van der Waals surface area contributed by atoms with Gasteiger partial charge in [-0.2, -0.15) is 0 Å². The third-order valence-corrected chi connectivity index (χ3v) is 11.8. The Morgan fingerprint density at radius 1 is 0.300 bits per heavy atom. The molecule has 0 amide bonds. The Morgan fingerprint density at radius 3 is 1.46 bits per heavy atom. The molecule has 3 heterocycles. The molecule has 0 aliphatic heterocycles. The summed E-state index contributed by atoms with van der Waals surface area (Å²) in [5.41, 5.74) is 7.62. The van der Waals surface area contributed by atoms with Crippen molar-refractivity contribution in [3.8, 4) is 56.4 Å². The van der Waals surface area contributed by atoms with Crippen LogP contribution >= 0.6 is 22.7 Å². The van der Waals surface area contributed by atoms with Crippen molar-refractivity contribution >= 4 is 63.0 Å². The second kappa shape index (κ2) is 11.8. The molecule has 234 valence electrons. The van der Waals surface area contributed by atoms with E-state index in [0.29, 0.717) is 17.5 Å². The lowest BCUT2D eigenvalue weighted by Gasteiger charge is -2.10. The molecule has 3 aromatic heterocycles. The zero-order valence-corrected chi connectivity index (χ0v) is 28.4. The normalized spacial score (nSPS) is 11.6. The molecule has 0 aliphatic rings. The number of thiophene rings is 2. The summed E-state index contributed by atoms with van der Waals surface area (Å²) >= 11 is 3.69. The minimum atomic E-state index is 0.652. The van der Waals surface area contributed by atoms with Gasteiger partial charge < -0.3 is 0 Å². The average molecular weight is 674 g/mol. The summed E-state index contributed by atoms with van der Waals surface area (Å²) in [4.78, 5) is 15.0. The lowest BCUT2D eigenvalue weighted by molar-refractivity contribution is 1.07. The summed E-state index contributed by atoms with van der Waals surface area (Å²) in [6, 6.07) is 58.0. The molecule has 0 saturated carbocycles. The van der Waals surface area contributed by atoms with Crippen molar-refractivity contribution in [2.45, 2.75) is 0 Å². The predicted molar refractivity (Wildman–Crippen MR) is 213 cm³/mol. The standard InChI is InChI=1S/C45H27N3S2/c1-2-9-30(10-3-1)43-46-44(31-21-17-28(18-22-31)33-25-26-41-38(27-33)36-12-5-6-15-39(36)49-41)48-45(47-43)32-23-19-29(20-24-32)34-13-8-14-37-35-11-4-7-16-40(35)50-42(34)37/h1-27H. The van der Waals surface area contributed by atoms with Crippen molar-refractivity contribution in [1.82, 2.24) is 15.0 Å². The van der Waals surface area contributed by atoms with E-state index < -0.39 is 0 Å². The zero-order valence-electron chi connectivity index (χ0n) is 26.7. The Bertz CT molecular complexity index is 2850. The first-order valence-corrected chi connectivity index (χ1v) is 18.2. The third kappa shape index (κ3) is 4.98. The number of fused-ring (bicyclic) bond motifs is 6. The Balaban J connectivity index is 1.03. The second-order valence-corrected chi connectivity index (χ2v) is 14.6. The summed E-state index contributed by atoms with van der Waals surface area (Å²) in [6.45, 7) is 0. The van der Waals surface area contributed by atoms with E-state index >= 15 is 0 Å². The van der Waals surface area contributed by atoms with Crippen LogP contribution in [0.25, 0.3) is 96.8 Å². The van der Waals surface area contributed by atoms with E-state index in [1.165, 1.54) is 57.0 Å². The number of benzene rings is 7. The van der Waals surface area contributed by atoms with Gasteiger partial charge in [-0.3, -0.25) is 0 Å². The van der Waals surface area contributed by atoms with Crippen LogP contribution in [0.3, 0.4) is 0 Å². The van der Waals surface area contributed by atoms with Crippen LogP contribution in [0.4, 0.5) is 0 Å². The van der Waals surface area contributed by atoms with Crippen LogP contribution in [0.5, 0.6) is 0 Å². The van der Waals surface area contributed by atoms with Crippen LogP contribution in [0.2, 0.25) is 0 Å². The molecular formula is C45H27N3S2. The highest BCUT2D eigenvalue weighted by molar-refractivity contribution is 7.26. The fourth-order valence-corrected chi connectivity index (χ4v) is 9.17. The summed E-state index contributed by atoms with van der Waals surface area (Å²) in [5.74, 6) is 1.96. The van der Waals surface area contributed by atoms with Gasteiger partial charge in [0, 0.05) is 57.0 Å². The molecule has 0 spiro atoms. The van der Waals surface area contributed by atoms with Gasteiger partial charge in [-0.05, 0) is 46.5 Å². The highest BCUT2D eigenvalue weighted by Gasteiger charge is 2.15. The summed E-state index contributed by atoms with van der Waals surface area (Å²) < 4.78 is 5.24. The number of hydrogen-bond donors (Lipinski definition) is 0. The first-order valence-electron chi connectivity index (χ1n) is 16.6. The maximum Gasteiger partial charge on any atom is 0.164 e. The molecule has 0 bridgehead atoms. The molecule has 0 radical (unpaired) electrons. The topological polar surface area (TPSA) is 38.7 Å². The second-order valence-electron chi connectivity index (χ2n) is 12.4. The lowest BCUT2D eigenvalue weighted by atomic mass is 10.0. The van der Waals surface area contributed by atoms with E-state index in [4.69, 9.17) is 15.0 Å². The van der Waals surface area contributed by atoms with Crippen LogP contribution < -0.4 is 0 Å². The molecule has 7 aromatic carbocycles. The van der Waals surface area contributed by atoms with Gasteiger partial charge in [0.25, 0.3) is 0 Å². The van der Waals surface area contributed by atoms with Crippen molar-refractivity contribution in [2.75, 3.05) is 0 Å². The largest absolute Gasteiger partial charge is 0.208 e. The molecule has 10 aromatic rings. The SMILES string of the molecule is c1ccc(-c2nc(-c3ccc(-c4ccc5sc6ccccc6c5c4)cc3)nc(-c3ccc(-c4cccc5c4sc4ccccc45)cc3)n2)cc1. The Labute approximate surface area is 296 Å². The third-order valence-electron chi connectivity index (χ3n) is 9.38. The first kappa shape index (κ1) is 29.0. The highest BCUT2D eigenvalue weighted by Crippen LogP contribution is 2.40. The summed E-state index contributed by atoms with van der Waals surface area (Å²) in [6.07, 6.45) is 0. The molecular weight excluding hydrogens is 647 g/mol. The first-order chi connectivity index (χ1) is 24.7. The van der Waals surface area contributed by atoms with Crippen molar-refractivity contribution in [2.24, 2.45) is 0 Å². The molecule has 5 heteroatoms. The van der Waals surface area contributed by atoms with Gasteiger partial charge in [-0.1, -0.05) is 140 Å². The van der Waals surface area contributed by atoms with Crippen molar-refractivity contribution < 1.29 is 0 Å². The fraction of sp³-hybridized carbons (Fsp3) is 0. The van der Waals surface area contributed by atoms with E-state index in [2.05, 4.69) is 133 Å². The Kier molecular flexibility index (Phi) is 6.86. The monoisotopic (exact) mass is 673 g/mol. The summed E-state index contributed by atoms with van der Waals surface area (Å²) in [5, 5.41) is 5.21. The molecule has 0 N–H and O–H groups in total. The Hall–Kier alpha value is -6.01. The van der Waals surface area contributed by atoms with Gasteiger partial charge in [0.1, 0.15) is 0 Å². The molecule has 3 nitrogen and oxygen atoms in total. The van der Waals surface area contributed by atoms with Gasteiger partial charge in [-0.15, -0.1) is 22.7 Å². The predicted octanol–water partition coefficient (Wildman–Crippen LogP) is 12.9. The number of aromatic nitrogens is 3. The van der Waals surface area contributed by atoms with E-state index in [-0.39, 0.29) is 0 Å². The highest BCUT2D eigenvalue weighted by atomic mass is 32.1. The minimum Gasteiger partial charge on any atom is -0.208 e. The molecule has 0 fully saturated rings.